The number of benzene rings is 1. The molecular weight excluding hydrogens is 236 g/mol. The zero-order chi connectivity index (χ0) is 13.2. The first-order chi connectivity index (χ1) is 9.24. The number of pyridine rings is 1. The van der Waals surface area contributed by atoms with Crippen LogP contribution in [0.3, 0.4) is 0 Å². The van der Waals surface area contributed by atoms with Crippen LogP contribution in [0.5, 0.6) is 0 Å². The minimum atomic E-state index is 0.719. The van der Waals surface area contributed by atoms with Crippen LogP contribution >= 0.6 is 0 Å². The normalized spacial score (nSPS) is 10.6. The van der Waals surface area contributed by atoms with Crippen molar-refractivity contribution in [2.24, 2.45) is 0 Å². The van der Waals surface area contributed by atoms with E-state index in [0.29, 0.717) is 0 Å². The van der Waals surface area contributed by atoms with Crippen molar-refractivity contribution in [2.45, 2.75) is 13.8 Å². The number of aromatic nitrogens is 3. The largest absolute Gasteiger partial charge is 0.340 e. The molecule has 19 heavy (non-hydrogen) atoms. The number of aryl methyl sites for hydroxylation is 2. The standard InChI is InChI=1S/C15H14N4/c1-10-8-13-14(18-11(10)2)16-9-17-15(13)19-12-6-4-3-5-7-12/h3-9H,1-2H3,(H,16,17,18,19). The fraction of sp³-hybridized carbons (Fsp3) is 0.133. The second-order valence-corrected chi connectivity index (χ2v) is 4.48. The molecule has 0 amide bonds. The van der Waals surface area contributed by atoms with E-state index in [1.54, 1.807) is 0 Å². The fourth-order valence-corrected chi connectivity index (χ4v) is 1.93. The summed E-state index contributed by atoms with van der Waals surface area (Å²) in [6, 6.07) is 12.0. The van der Waals surface area contributed by atoms with Gasteiger partial charge in [0.2, 0.25) is 0 Å². The molecule has 0 saturated heterocycles. The van der Waals surface area contributed by atoms with Crippen LogP contribution in [0.2, 0.25) is 0 Å². The number of nitrogens with one attached hydrogen (secondary N) is 1. The van der Waals surface area contributed by atoms with Gasteiger partial charge in [-0.15, -0.1) is 0 Å². The monoisotopic (exact) mass is 250 g/mol. The Hall–Kier alpha value is -2.49. The highest BCUT2D eigenvalue weighted by molar-refractivity contribution is 5.88. The molecule has 0 atom stereocenters. The summed E-state index contributed by atoms with van der Waals surface area (Å²) in [6.45, 7) is 4.03. The number of hydrogen-bond acceptors (Lipinski definition) is 4. The first-order valence-corrected chi connectivity index (χ1v) is 6.15. The van der Waals surface area contributed by atoms with Crippen molar-refractivity contribution in [2.75, 3.05) is 5.32 Å². The first-order valence-electron chi connectivity index (χ1n) is 6.15. The van der Waals surface area contributed by atoms with E-state index in [4.69, 9.17) is 0 Å². The maximum absolute atomic E-state index is 4.49. The molecule has 0 fully saturated rings. The Balaban J connectivity index is 2.11. The molecule has 0 aliphatic rings. The number of fused-ring (bicyclic) bond motifs is 1. The predicted molar refractivity (Wildman–Crippen MR) is 76.5 cm³/mol. The molecule has 0 unspecified atom stereocenters. The smallest absolute Gasteiger partial charge is 0.164 e. The summed E-state index contributed by atoms with van der Waals surface area (Å²) in [5.74, 6) is 0.784. The molecule has 2 aromatic heterocycles. The Kier molecular flexibility index (Phi) is 2.83. The highest BCUT2D eigenvalue weighted by Crippen LogP contribution is 2.23. The summed E-state index contributed by atoms with van der Waals surface area (Å²) >= 11 is 0. The van der Waals surface area contributed by atoms with Gasteiger partial charge in [-0.3, -0.25) is 0 Å². The van der Waals surface area contributed by atoms with Crippen molar-refractivity contribution < 1.29 is 0 Å². The second-order valence-electron chi connectivity index (χ2n) is 4.48. The van der Waals surface area contributed by atoms with E-state index < -0.39 is 0 Å². The van der Waals surface area contributed by atoms with Gasteiger partial charge in [0, 0.05) is 11.4 Å². The van der Waals surface area contributed by atoms with Gasteiger partial charge in [0.25, 0.3) is 0 Å². The second kappa shape index (κ2) is 4.65. The highest BCUT2D eigenvalue weighted by Gasteiger charge is 2.07. The molecule has 1 aromatic carbocycles. The number of nitrogens with zero attached hydrogens (tertiary/aromatic N) is 3. The van der Waals surface area contributed by atoms with Gasteiger partial charge < -0.3 is 5.32 Å². The summed E-state index contributed by atoms with van der Waals surface area (Å²) in [7, 11) is 0. The van der Waals surface area contributed by atoms with Crippen LogP contribution in [0.25, 0.3) is 11.0 Å². The predicted octanol–water partition coefficient (Wildman–Crippen LogP) is 3.39. The van der Waals surface area contributed by atoms with E-state index in [1.807, 2.05) is 44.2 Å². The molecule has 0 aliphatic heterocycles. The Bertz CT molecular complexity index is 723. The van der Waals surface area contributed by atoms with E-state index in [0.717, 1.165) is 33.8 Å². The van der Waals surface area contributed by atoms with Crippen molar-refractivity contribution in [3.8, 4) is 0 Å². The van der Waals surface area contributed by atoms with Crippen LogP contribution in [-0.4, -0.2) is 15.0 Å². The van der Waals surface area contributed by atoms with Crippen LogP contribution in [0.4, 0.5) is 11.5 Å². The quantitative estimate of drug-likeness (QED) is 0.757. The summed E-state index contributed by atoms with van der Waals surface area (Å²) in [6.07, 6.45) is 1.54. The summed E-state index contributed by atoms with van der Waals surface area (Å²) in [5.41, 5.74) is 3.85. The average Bonchev–Trinajstić information content (AvgIpc) is 2.42. The molecule has 1 N–H and O–H groups in total. The van der Waals surface area contributed by atoms with E-state index in [9.17, 15) is 0 Å². The van der Waals surface area contributed by atoms with Gasteiger partial charge >= 0.3 is 0 Å². The number of anilines is 2. The lowest BCUT2D eigenvalue weighted by Gasteiger charge is -2.09. The van der Waals surface area contributed by atoms with Crippen LogP contribution in [-0.2, 0) is 0 Å². The van der Waals surface area contributed by atoms with Crippen molar-refractivity contribution in [3.63, 3.8) is 0 Å². The molecule has 0 bridgehead atoms. The van der Waals surface area contributed by atoms with Crippen LogP contribution in [0.1, 0.15) is 11.3 Å². The molecule has 0 saturated carbocycles. The third-order valence-corrected chi connectivity index (χ3v) is 3.10. The van der Waals surface area contributed by atoms with Gasteiger partial charge in [-0.1, -0.05) is 18.2 Å². The summed E-state index contributed by atoms with van der Waals surface area (Å²) in [5, 5.41) is 4.24. The summed E-state index contributed by atoms with van der Waals surface area (Å²) in [4.78, 5) is 13.0. The molecule has 3 rings (SSSR count). The van der Waals surface area contributed by atoms with Crippen LogP contribution in [0.15, 0.2) is 42.7 Å². The van der Waals surface area contributed by atoms with Crippen LogP contribution in [0, 0.1) is 13.8 Å². The van der Waals surface area contributed by atoms with Crippen molar-refractivity contribution >= 4 is 22.5 Å². The van der Waals surface area contributed by atoms with Crippen molar-refractivity contribution in [1.29, 1.82) is 0 Å². The Morgan fingerprint density at radius 2 is 1.79 bits per heavy atom. The van der Waals surface area contributed by atoms with E-state index in [-0.39, 0.29) is 0 Å². The lowest BCUT2D eigenvalue weighted by atomic mass is 10.2. The molecule has 2 heterocycles. The zero-order valence-corrected chi connectivity index (χ0v) is 10.9. The third-order valence-electron chi connectivity index (χ3n) is 3.10. The Labute approximate surface area is 111 Å². The maximum atomic E-state index is 4.49. The van der Waals surface area contributed by atoms with Gasteiger partial charge in [0.1, 0.15) is 12.1 Å². The summed E-state index contributed by atoms with van der Waals surface area (Å²) < 4.78 is 0. The maximum Gasteiger partial charge on any atom is 0.164 e. The van der Waals surface area contributed by atoms with Gasteiger partial charge in [-0.2, -0.15) is 0 Å². The fourth-order valence-electron chi connectivity index (χ4n) is 1.93. The van der Waals surface area contributed by atoms with Gasteiger partial charge in [-0.25, -0.2) is 15.0 Å². The minimum absolute atomic E-state index is 0.719. The lowest BCUT2D eigenvalue weighted by Crippen LogP contribution is -1.98. The van der Waals surface area contributed by atoms with Crippen LogP contribution < -0.4 is 5.32 Å². The number of hydrogen-bond donors (Lipinski definition) is 1. The average molecular weight is 250 g/mol. The Morgan fingerprint density at radius 1 is 1.00 bits per heavy atom. The zero-order valence-electron chi connectivity index (χ0n) is 10.9. The highest BCUT2D eigenvalue weighted by atomic mass is 15.0. The minimum Gasteiger partial charge on any atom is -0.340 e. The van der Waals surface area contributed by atoms with Gasteiger partial charge in [-0.05, 0) is 37.6 Å². The SMILES string of the molecule is Cc1cc2c(Nc3ccccc3)ncnc2nc1C. The number of rotatable bonds is 2. The first kappa shape index (κ1) is 11.6. The molecule has 0 radical (unpaired) electrons. The molecular formula is C15H14N4. The van der Waals surface area contributed by atoms with E-state index in [2.05, 4.69) is 26.3 Å². The lowest BCUT2D eigenvalue weighted by molar-refractivity contribution is 1.13. The Morgan fingerprint density at radius 3 is 2.58 bits per heavy atom. The van der Waals surface area contributed by atoms with E-state index in [1.165, 1.54) is 6.33 Å². The van der Waals surface area contributed by atoms with Crippen molar-refractivity contribution in [3.05, 3.63) is 54.0 Å². The topological polar surface area (TPSA) is 50.7 Å². The van der Waals surface area contributed by atoms with Gasteiger partial charge in [0.15, 0.2) is 5.65 Å². The number of para-hydroxylation sites is 1. The molecule has 4 heteroatoms. The third kappa shape index (κ3) is 2.25. The molecule has 0 spiro atoms. The van der Waals surface area contributed by atoms with Gasteiger partial charge in [0.05, 0.1) is 5.39 Å². The molecule has 94 valence electrons. The molecule has 0 aliphatic carbocycles. The van der Waals surface area contributed by atoms with Crippen molar-refractivity contribution in [1.82, 2.24) is 15.0 Å². The molecule has 3 aromatic rings. The van der Waals surface area contributed by atoms with E-state index >= 15 is 0 Å². The molecule has 4 nitrogen and oxygen atoms in total.